The van der Waals surface area contributed by atoms with Crippen LogP contribution in [0.2, 0.25) is 0 Å². The number of carbonyl (C=O) groups is 2. The lowest BCUT2D eigenvalue weighted by atomic mass is 10.1. The molecule has 0 radical (unpaired) electrons. The van der Waals surface area contributed by atoms with Crippen molar-refractivity contribution in [2.24, 2.45) is 0 Å². The Bertz CT molecular complexity index is 821. The minimum atomic E-state index is -0.348. The second-order valence-electron chi connectivity index (χ2n) is 9.00. The van der Waals surface area contributed by atoms with Crippen LogP contribution in [-0.2, 0) is 22.7 Å². The SMILES string of the molecule is CCCCCCCCCCCCNC(=O)c1ccc(CN(Cc2ccccc2)OC(C)=O)cc1. The molecule has 0 atom stereocenters. The largest absolute Gasteiger partial charge is 0.368 e. The molecule has 0 aliphatic carbocycles. The van der Waals surface area contributed by atoms with E-state index in [2.05, 4.69) is 12.2 Å². The number of amides is 1. The topological polar surface area (TPSA) is 58.6 Å². The molecule has 2 aromatic carbocycles. The number of unbranched alkanes of at least 4 members (excludes halogenated alkanes) is 9. The van der Waals surface area contributed by atoms with E-state index in [-0.39, 0.29) is 11.9 Å². The van der Waals surface area contributed by atoms with Crippen molar-refractivity contribution >= 4 is 11.9 Å². The van der Waals surface area contributed by atoms with Gasteiger partial charge < -0.3 is 10.2 Å². The van der Waals surface area contributed by atoms with E-state index < -0.39 is 0 Å². The van der Waals surface area contributed by atoms with E-state index in [9.17, 15) is 9.59 Å². The summed E-state index contributed by atoms with van der Waals surface area (Å²) in [6.45, 7) is 5.33. The quantitative estimate of drug-likeness (QED) is 0.205. The normalized spacial score (nSPS) is 10.9. The predicted octanol–water partition coefficient (Wildman–Crippen LogP) is 6.82. The fraction of sp³-hybridized carbons (Fsp3) is 0.517. The second-order valence-corrected chi connectivity index (χ2v) is 9.00. The Morgan fingerprint density at radius 2 is 1.26 bits per heavy atom. The third-order valence-corrected chi connectivity index (χ3v) is 5.85. The maximum absolute atomic E-state index is 12.4. The molecular formula is C29H42N2O3. The molecule has 0 heterocycles. The summed E-state index contributed by atoms with van der Waals surface area (Å²) >= 11 is 0. The average Bonchev–Trinajstić information content (AvgIpc) is 2.83. The van der Waals surface area contributed by atoms with Crippen molar-refractivity contribution in [1.29, 1.82) is 0 Å². The maximum atomic E-state index is 12.4. The van der Waals surface area contributed by atoms with Gasteiger partial charge in [0.05, 0.1) is 13.1 Å². The molecule has 2 rings (SSSR count). The van der Waals surface area contributed by atoms with Gasteiger partial charge >= 0.3 is 5.97 Å². The molecule has 0 aliphatic heterocycles. The van der Waals surface area contributed by atoms with Crippen LogP contribution in [0.1, 0.15) is 99.5 Å². The van der Waals surface area contributed by atoms with Crippen molar-refractivity contribution in [2.75, 3.05) is 6.54 Å². The smallest absolute Gasteiger partial charge is 0.322 e. The monoisotopic (exact) mass is 466 g/mol. The van der Waals surface area contributed by atoms with Crippen LogP contribution in [0.3, 0.4) is 0 Å². The first-order valence-electron chi connectivity index (χ1n) is 12.9. The predicted molar refractivity (Wildman–Crippen MR) is 138 cm³/mol. The fourth-order valence-electron chi connectivity index (χ4n) is 3.97. The molecular weight excluding hydrogens is 424 g/mol. The van der Waals surface area contributed by atoms with Crippen LogP contribution in [0, 0.1) is 0 Å². The number of hydrogen-bond donors (Lipinski definition) is 1. The number of benzene rings is 2. The maximum Gasteiger partial charge on any atom is 0.322 e. The van der Waals surface area contributed by atoms with Crippen molar-refractivity contribution < 1.29 is 14.4 Å². The molecule has 1 amide bonds. The lowest BCUT2D eigenvalue weighted by Gasteiger charge is -2.20. The molecule has 5 heteroatoms. The zero-order chi connectivity index (χ0) is 24.4. The van der Waals surface area contributed by atoms with Gasteiger partial charge in [-0.3, -0.25) is 9.59 Å². The lowest BCUT2D eigenvalue weighted by Crippen LogP contribution is -2.26. The summed E-state index contributed by atoms with van der Waals surface area (Å²) in [5, 5.41) is 4.66. The number of hydrogen-bond acceptors (Lipinski definition) is 4. The Labute approximate surface area is 205 Å². The Morgan fingerprint density at radius 3 is 1.82 bits per heavy atom. The second kappa shape index (κ2) is 16.9. The molecule has 0 unspecified atom stereocenters. The van der Waals surface area contributed by atoms with Crippen LogP contribution in [0.25, 0.3) is 0 Å². The molecule has 0 saturated carbocycles. The van der Waals surface area contributed by atoms with Gasteiger partial charge in [-0.25, -0.2) is 0 Å². The van der Waals surface area contributed by atoms with Gasteiger partial charge in [0.1, 0.15) is 0 Å². The minimum Gasteiger partial charge on any atom is -0.368 e. The van der Waals surface area contributed by atoms with Crippen molar-refractivity contribution in [3.63, 3.8) is 0 Å². The molecule has 0 aromatic heterocycles. The Morgan fingerprint density at radius 1 is 0.735 bits per heavy atom. The highest BCUT2D eigenvalue weighted by atomic mass is 16.7. The summed E-state index contributed by atoms with van der Waals surface area (Å²) in [5.41, 5.74) is 2.69. The van der Waals surface area contributed by atoms with Gasteiger partial charge in [0.2, 0.25) is 0 Å². The molecule has 0 spiro atoms. The first-order valence-corrected chi connectivity index (χ1v) is 12.9. The van der Waals surface area contributed by atoms with E-state index in [0.717, 1.165) is 17.5 Å². The first-order chi connectivity index (χ1) is 16.6. The van der Waals surface area contributed by atoms with Crippen molar-refractivity contribution in [2.45, 2.75) is 91.1 Å². The summed E-state index contributed by atoms with van der Waals surface area (Å²) in [5.74, 6) is -0.387. The van der Waals surface area contributed by atoms with Crippen LogP contribution >= 0.6 is 0 Å². The van der Waals surface area contributed by atoms with Crippen molar-refractivity contribution in [3.8, 4) is 0 Å². The van der Waals surface area contributed by atoms with Crippen molar-refractivity contribution in [1.82, 2.24) is 10.4 Å². The number of nitrogens with one attached hydrogen (secondary N) is 1. The average molecular weight is 467 g/mol. The molecule has 0 bridgehead atoms. The lowest BCUT2D eigenvalue weighted by molar-refractivity contribution is -0.194. The van der Waals surface area contributed by atoms with Crippen molar-refractivity contribution in [3.05, 3.63) is 71.3 Å². The zero-order valence-electron chi connectivity index (χ0n) is 21.1. The summed E-state index contributed by atoms with van der Waals surface area (Å²) in [4.78, 5) is 29.3. The summed E-state index contributed by atoms with van der Waals surface area (Å²) in [6, 6.07) is 17.4. The summed E-state index contributed by atoms with van der Waals surface area (Å²) in [7, 11) is 0. The number of rotatable bonds is 17. The molecule has 5 nitrogen and oxygen atoms in total. The van der Waals surface area contributed by atoms with Crippen LogP contribution in [0.5, 0.6) is 0 Å². The van der Waals surface area contributed by atoms with Gasteiger partial charge in [0.15, 0.2) is 0 Å². The number of hydroxylamine groups is 2. The van der Waals surface area contributed by atoms with Gasteiger partial charge in [-0.05, 0) is 29.7 Å². The Hall–Kier alpha value is -2.66. The number of carbonyl (C=O) groups excluding carboxylic acids is 2. The van der Waals surface area contributed by atoms with E-state index >= 15 is 0 Å². The third-order valence-electron chi connectivity index (χ3n) is 5.85. The van der Waals surface area contributed by atoms with Gasteiger partial charge in [-0.2, -0.15) is 0 Å². The summed E-state index contributed by atoms with van der Waals surface area (Å²) in [6.07, 6.45) is 12.9. The van der Waals surface area contributed by atoms with E-state index in [1.165, 1.54) is 64.7 Å². The highest BCUT2D eigenvalue weighted by molar-refractivity contribution is 5.94. The molecule has 0 saturated heterocycles. The van der Waals surface area contributed by atoms with Crippen LogP contribution in [0.4, 0.5) is 0 Å². The van der Waals surface area contributed by atoms with E-state index in [1.54, 1.807) is 5.06 Å². The highest BCUT2D eigenvalue weighted by Gasteiger charge is 2.12. The molecule has 34 heavy (non-hydrogen) atoms. The van der Waals surface area contributed by atoms with Gasteiger partial charge in [0.25, 0.3) is 5.91 Å². The van der Waals surface area contributed by atoms with Gasteiger partial charge in [-0.15, -0.1) is 5.06 Å². The Balaban J connectivity index is 1.67. The Kier molecular flexibility index (Phi) is 13.7. The molecule has 0 fully saturated rings. The molecule has 1 N–H and O–H groups in total. The van der Waals surface area contributed by atoms with Crippen LogP contribution < -0.4 is 5.32 Å². The first kappa shape index (κ1) is 27.6. The summed E-state index contributed by atoms with van der Waals surface area (Å²) < 4.78 is 0. The van der Waals surface area contributed by atoms with E-state index in [1.807, 2.05) is 54.6 Å². The van der Waals surface area contributed by atoms with Gasteiger partial charge in [0, 0.05) is 19.0 Å². The molecule has 2 aromatic rings. The van der Waals surface area contributed by atoms with Crippen LogP contribution in [-0.4, -0.2) is 23.5 Å². The zero-order valence-corrected chi connectivity index (χ0v) is 21.1. The highest BCUT2D eigenvalue weighted by Crippen LogP contribution is 2.13. The minimum absolute atomic E-state index is 0.0383. The van der Waals surface area contributed by atoms with E-state index in [4.69, 9.17) is 4.84 Å². The standard InChI is InChI=1S/C29H42N2O3/c1-3-4-5-6-7-8-9-10-11-15-22-30-29(33)28-20-18-27(19-21-28)24-31(34-25(2)32)23-26-16-13-12-14-17-26/h12-14,16-21H,3-11,15,22-24H2,1-2H3,(H,30,33). The fourth-order valence-corrected chi connectivity index (χ4v) is 3.97. The van der Waals surface area contributed by atoms with Gasteiger partial charge in [-0.1, -0.05) is 107 Å². The third kappa shape index (κ3) is 12.0. The van der Waals surface area contributed by atoms with E-state index in [0.29, 0.717) is 25.2 Å². The molecule has 0 aliphatic rings. The number of nitrogens with zero attached hydrogens (tertiary/aromatic N) is 1. The van der Waals surface area contributed by atoms with Crippen LogP contribution in [0.15, 0.2) is 54.6 Å². The molecule has 186 valence electrons.